The Morgan fingerprint density at radius 2 is 1.86 bits per heavy atom. The minimum atomic E-state index is 0.0904. The summed E-state index contributed by atoms with van der Waals surface area (Å²) in [5.74, 6) is 0.0904. The zero-order chi connectivity index (χ0) is 15.2. The molecule has 4 heteroatoms. The van der Waals surface area contributed by atoms with Crippen LogP contribution in [0.3, 0.4) is 0 Å². The standard InChI is InChI=1S/C18H19N3O/c22-18(10-9-15-6-2-1-3-7-15)19-12-11-16-14-21-13-5-4-8-17(21)20-16/h1-8,13-14H,9-12H2,(H,19,22). The molecule has 112 valence electrons. The van der Waals surface area contributed by atoms with Gasteiger partial charge in [0, 0.05) is 31.8 Å². The van der Waals surface area contributed by atoms with Gasteiger partial charge in [0.2, 0.25) is 5.91 Å². The van der Waals surface area contributed by atoms with Crippen LogP contribution in [0.4, 0.5) is 0 Å². The highest BCUT2D eigenvalue weighted by Gasteiger charge is 2.04. The van der Waals surface area contributed by atoms with Gasteiger partial charge >= 0.3 is 0 Å². The van der Waals surface area contributed by atoms with Crippen molar-refractivity contribution in [3.8, 4) is 0 Å². The number of hydrogen-bond donors (Lipinski definition) is 1. The van der Waals surface area contributed by atoms with E-state index in [2.05, 4.69) is 10.3 Å². The van der Waals surface area contributed by atoms with E-state index in [1.54, 1.807) is 0 Å². The first-order valence-electron chi connectivity index (χ1n) is 7.54. The van der Waals surface area contributed by atoms with Crippen LogP contribution in [0.15, 0.2) is 60.9 Å². The molecular weight excluding hydrogens is 274 g/mol. The molecular formula is C18H19N3O. The molecule has 0 bridgehead atoms. The van der Waals surface area contributed by atoms with Crippen molar-refractivity contribution in [3.05, 3.63) is 72.2 Å². The van der Waals surface area contributed by atoms with E-state index in [0.717, 1.165) is 24.2 Å². The van der Waals surface area contributed by atoms with Crippen molar-refractivity contribution < 1.29 is 4.79 Å². The van der Waals surface area contributed by atoms with Crippen LogP contribution in [0.2, 0.25) is 0 Å². The molecule has 0 atom stereocenters. The van der Waals surface area contributed by atoms with E-state index in [0.29, 0.717) is 13.0 Å². The summed E-state index contributed by atoms with van der Waals surface area (Å²) in [4.78, 5) is 16.4. The Morgan fingerprint density at radius 1 is 1.05 bits per heavy atom. The zero-order valence-electron chi connectivity index (χ0n) is 12.4. The molecule has 1 amide bonds. The number of imidazole rings is 1. The second-order valence-corrected chi connectivity index (χ2v) is 5.28. The largest absolute Gasteiger partial charge is 0.356 e. The van der Waals surface area contributed by atoms with Gasteiger partial charge in [0.05, 0.1) is 5.69 Å². The van der Waals surface area contributed by atoms with Gasteiger partial charge in [-0.25, -0.2) is 4.98 Å². The van der Waals surface area contributed by atoms with Crippen LogP contribution in [0.5, 0.6) is 0 Å². The van der Waals surface area contributed by atoms with Crippen molar-refractivity contribution in [1.29, 1.82) is 0 Å². The third-order valence-corrected chi connectivity index (χ3v) is 3.60. The van der Waals surface area contributed by atoms with Gasteiger partial charge in [-0.1, -0.05) is 36.4 Å². The predicted molar refractivity (Wildman–Crippen MR) is 86.7 cm³/mol. The maximum Gasteiger partial charge on any atom is 0.220 e. The van der Waals surface area contributed by atoms with Gasteiger partial charge in [-0.2, -0.15) is 0 Å². The average Bonchev–Trinajstić information content (AvgIpc) is 2.96. The highest BCUT2D eigenvalue weighted by atomic mass is 16.1. The van der Waals surface area contributed by atoms with Crippen LogP contribution in [0.1, 0.15) is 17.7 Å². The molecule has 22 heavy (non-hydrogen) atoms. The van der Waals surface area contributed by atoms with Gasteiger partial charge in [0.1, 0.15) is 5.65 Å². The lowest BCUT2D eigenvalue weighted by Crippen LogP contribution is -2.25. The molecule has 3 rings (SSSR count). The fourth-order valence-corrected chi connectivity index (χ4v) is 2.43. The highest BCUT2D eigenvalue weighted by Crippen LogP contribution is 2.05. The fraction of sp³-hybridized carbons (Fsp3) is 0.222. The summed E-state index contributed by atoms with van der Waals surface area (Å²) in [6.45, 7) is 0.623. The second-order valence-electron chi connectivity index (χ2n) is 5.28. The Hall–Kier alpha value is -2.62. The number of carbonyl (C=O) groups is 1. The summed E-state index contributed by atoms with van der Waals surface area (Å²) < 4.78 is 1.99. The first-order valence-corrected chi connectivity index (χ1v) is 7.54. The van der Waals surface area contributed by atoms with Crippen LogP contribution in [0.25, 0.3) is 5.65 Å². The Labute approximate surface area is 129 Å². The number of amides is 1. The molecule has 2 heterocycles. The molecule has 1 aromatic carbocycles. The number of fused-ring (bicyclic) bond motifs is 1. The summed E-state index contributed by atoms with van der Waals surface area (Å²) in [6.07, 6.45) is 6.03. The molecule has 0 fully saturated rings. The van der Waals surface area contributed by atoms with E-state index >= 15 is 0 Å². The van der Waals surface area contributed by atoms with Crippen LogP contribution >= 0.6 is 0 Å². The van der Waals surface area contributed by atoms with Crippen LogP contribution in [-0.4, -0.2) is 21.8 Å². The molecule has 0 aliphatic rings. The molecule has 2 aromatic heterocycles. The molecule has 0 aliphatic heterocycles. The number of hydrogen-bond acceptors (Lipinski definition) is 2. The summed E-state index contributed by atoms with van der Waals surface area (Å²) in [6, 6.07) is 16.0. The van der Waals surface area contributed by atoms with Crippen molar-refractivity contribution in [2.24, 2.45) is 0 Å². The Morgan fingerprint density at radius 3 is 2.68 bits per heavy atom. The summed E-state index contributed by atoms with van der Waals surface area (Å²) in [5.41, 5.74) is 3.13. The molecule has 4 nitrogen and oxygen atoms in total. The molecule has 0 radical (unpaired) electrons. The third kappa shape index (κ3) is 3.73. The summed E-state index contributed by atoms with van der Waals surface area (Å²) in [5, 5.41) is 2.96. The lowest BCUT2D eigenvalue weighted by atomic mass is 10.1. The van der Waals surface area contributed by atoms with Gasteiger partial charge < -0.3 is 9.72 Å². The van der Waals surface area contributed by atoms with Crippen molar-refractivity contribution >= 4 is 11.6 Å². The smallest absolute Gasteiger partial charge is 0.220 e. The van der Waals surface area contributed by atoms with Gasteiger partial charge in [-0.15, -0.1) is 0 Å². The van der Waals surface area contributed by atoms with Crippen LogP contribution in [-0.2, 0) is 17.6 Å². The Bertz CT molecular complexity index is 716. The number of rotatable bonds is 6. The molecule has 0 aliphatic carbocycles. The molecule has 0 saturated carbocycles. The minimum absolute atomic E-state index is 0.0904. The van der Waals surface area contributed by atoms with Gasteiger partial charge in [0.15, 0.2) is 0 Å². The van der Waals surface area contributed by atoms with Crippen LogP contribution in [0, 0.1) is 0 Å². The monoisotopic (exact) mass is 293 g/mol. The molecule has 0 saturated heterocycles. The predicted octanol–water partition coefficient (Wildman–Crippen LogP) is 2.63. The minimum Gasteiger partial charge on any atom is -0.356 e. The SMILES string of the molecule is O=C(CCc1ccccc1)NCCc1cn2ccccc2n1. The quantitative estimate of drug-likeness (QED) is 0.759. The van der Waals surface area contributed by atoms with E-state index in [-0.39, 0.29) is 5.91 Å². The first-order chi connectivity index (χ1) is 10.8. The van der Waals surface area contributed by atoms with Crippen molar-refractivity contribution in [3.63, 3.8) is 0 Å². The topological polar surface area (TPSA) is 46.4 Å². The van der Waals surface area contributed by atoms with E-state index in [1.807, 2.05) is 65.3 Å². The third-order valence-electron chi connectivity index (χ3n) is 3.60. The van der Waals surface area contributed by atoms with Crippen molar-refractivity contribution in [2.45, 2.75) is 19.3 Å². The van der Waals surface area contributed by atoms with Crippen molar-refractivity contribution in [2.75, 3.05) is 6.54 Å². The molecule has 0 unspecified atom stereocenters. The highest BCUT2D eigenvalue weighted by molar-refractivity contribution is 5.76. The maximum absolute atomic E-state index is 11.8. The number of nitrogens with one attached hydrogen (secondary N) is 1. The maximum atomic E-state index is 11.8. The number of pyridine rings is 1. The van der Waals surface area contributed by atoms with Gasteiger partial charge in [0.25, 0.3) is 0 Å². The van der Waals surface area contributed by atoms with Crippen LogP contribution < -0.4 is 5.32 Å². The normalized spacial score (nSPS) is 10.7. The molecule has 0 spiro atoms. The van der Waals surface area contributed by atoms with E-state index in [9.17, 15) is 4.79 Å². The zero-order valence-corrected chi connectivity index (χ0v) is 12.4. The Kier molecular flexibility index (Phi) is 4.49. The Balaban J connectivity index is 1.43. The molecule has 1 N–H and O–H groups in total. The van der Waals surface area contributed by atoms with Gasteiger partial charge in [-0.3, -0.25) is 4.79 Å². The number of carbonyl (C=O) groups excluding carboxylic acids is 1. The van der Waals surface area contributed by atoms with E-state index in [1.165, 1.54) is 5.56 Å². The van der Waals surface area contributed by atoms with Crippen molar-refractivity contribution in [1.82, 2.24) is 14.7 Å². The fourth-order valence-electron chi connectivity index (χ4n) is 2.43. The van der Waals surface area contributed by atoms with E-state index < -0.39 is 0 Å². The number of aryl methyl sites for hydroxylation is 1. The second kappa shape index (κ2) is 6.89. The lowest BCUT2D eigenvalue weighted by Gasteiger charge is -2.04. The van der Waals surface area contributed by atoms with Gasteiger partial charge in [-0.05, 0) is 24.1 Å². The summed E-state index contributed by atoms with van der Waals surface area (Å²) >= 11 is 0. The summed E-state index contributed by atoms with van der Waals surface area (Å²) in [7, 11) is 0. The first kappa shape index (κ1) is 14.3. The number of benzene rings is 1. The lowest BCUT2D eigenvalue weighted by molar-refractivity contribution is -0.121. The molecule has 3 aromatic rings. The van der Waals surface area contributed by atoms with E-state index in [4.69, 9.17) is 0 Å². The number of nitrogens with zero attached hydrogens (tertiary/aromatic N) is 2. The number of aromatic nitrogens is 2. The average molecular weight is 293 g/mol.